The van der Waals surface area contributed by atoms with Gasteiger partial charge in [-0.2, -0.15) is 5.10 Å². The number of amides is 2. The molecule has 1 unspecified atom stereocenters. The van der Waals surface area contributed by atoms with Crippen molar-refractivity contribution < 1.29 is 19.1 Å². The second kappa shape index (κ2) is 10.3. The van der Waals surface area contributed by atoms with Gasteiger partial charge >= 0.3 is 0 Å². The normalized spacial score (nSPS) is 20.0. The smallest absolute Gasteiger partial charge is 0.275 e. The molecule has 0 radical (unpaired) electrons. The zero-order valence-electron chi connectivity index (χ0n) is 19.0. The fourth-order valence-corrected chi connectivity index (χ4v) is 4.45. The molecule has 0 N–H and O–H groups in total. The van der Waals surface area contributed by atoms with Crippen LogP contribution < -0.4 is 0 Å². The summed E-state index contributed by atoms with van der Waals surface area (Å²) in [5.41, 5.74) is 1.78. The maximum atomic E-state index is 13.4. The number of carbonyl (C=O) groups is 2. The van der Waals surface area contributed by atoms with E-state index in [0.717, 1.165) is 31.6 Å². The first-order chi connectivity index (χ1) is 16.7. The van der Waals surface area contributed by atoms with Crippen LogP contribution in [0.5, 0.6) is 0 Å². The van der Waals surface area contributed by atoms with Gasteiger partial charge in [0.15, 0.2) is 11.3 Å². The number of pyridine rings is 1. The standard InChI is InChI=1S/C24H28N6O4/c31-23-16-29(24(32)21-11-22-26-7-2-8-30(22)27-21)15-20(34-17-19-3-1-6-25-12-19)14-28(23)13-18-4-9-33-10-5-18/h1-3,6-8,11-12,18,20H,4-5,9-10,13-17H2. The molecule has 0 saturated carbocycles. The molecule has 0 spiro atoms. The number of rotatable bonds is 6. The molecule has 0 aromatic carbocycles. The third-order valence-corrected chi connectivity index (χ3v) is 6.30. The molecule has 1 atom stereocenters. The van der Waals surface area contributed by atoms with E-state index in [-0.39, 0.29) is 30.2 Å². The number of ether oxygens (including phenoxy) is 2. The molecule has 2 amide bonds. The number of hydrogen-bond donors (Lipinski definition) is 0. The Bertz CT molecular complexity index is 1100. The molecule has 10 nitrogen and oxygen atoms in total. The van der Waals surface area contributed by atoms with Crippen LogP contribution in [0.2, 0.25) is 0 Å². The number of hydrogen-bond acceptors (Lipinski definition) is 7. The van der Waals surface area contributed by atoms with Crippen molar-refractivity contribution >= 4 is 17.5 Å². The first kappa shape index (κ1) is 22.4. The van der Waals surface area contributed by atoms with E-state index in [1.54, 1.807) is 46.3 Å². The first-order valence-electron chi connectivity index (χ1n) is 11.6. The lowest BCUT2D eigenvalue weighted by Crippen LogP contribution is -2.42. The highest BCUT2D eigenvalue weighted by Gasteiger charge is 2.33. The fraction of sp³-hybridized carbons (Fsp3) is 0.458. The molecular weight excluding hydrogens is 436 g/mol. The highest BCUT2D eigenvalue weighted by molar-refractivity contribution is 5.96. The molecule has 178 valence electrons. The molecule has 2 fully saturated rings. The second-order valence-electron chi connectivity index (χ2n) is 8.79. The van der Waals surface area contributed by atoms with Gasteiger partial charge in [-0.1, -0.05) is 6.07 Å². The number of aromatic nitrogens is 4. The summed E-state index contributed by atoms with van der Waals surface area (Å²) < 4.78 is 13.2. The summed E-state index contributed by atoms with van der Waals surface area (Å²) in [4.78, 5) is 38.3. The molecule has 2 aliphatic rings. The van der Waals surface area contributed by atoms with E-state index >= 15 is 0 Å². The lowest BCUT2D eigenvalue weighted by atomic mass is 9.99. The topological polar surface area (TPSA) is 102 Å². The van der Waals surface area contributed by atoms with Gasteiger partial charge in [0.05, 0.1) is 12.7 Å². The number of fused-ring (bicyclic) bond motifs is 1. The quantitative estimate of drug-likeness (QED) is 0.544. The Morgan fingerprint density at radius 3 is 2.85 bits per heavy atom. The van der Waals surface area contributed by atoms with E-state index in [1.807, 2.05) is 17.0 Å². The maximum absolute atomic E-state index is 13.4. The molecule has 0 bridgehead atoms. The summed E-state index contributed by atoms with van der Waals surface area (Å²) in [6, 6.07) is 7.20. The molecule has 5 rings (SSSR count). The molecule has 5 heterocycles. The monoisotopic (exact) mass is 464 g/mol. The molecule has 2 aliphatic heterocycles. The van der Waals surface area contributed by atoms with Crippen LogP contribution in [-0.4, -0.2) is 86.7 Å². The number of carbonyl (C=O) groups excluding carboxylic acids is 2. The summed E-state index contributed by atoms with van der Waals surface area (Å²) in [6.45, 7) is 3.19. The van der Waals surface area contributed by atoms with Gasteiger partial charge in [-0.05, 0) is 36.5 Å². The van der Waals surface area contributed by atoms with Crippen LogP contribution >= 0.6 is 0 Å². The summed E-state index contributed by atoms with van der Waals surface area (Å²) >= 11 is 0. The van der Waals surface area contributed by atoms with Crippen LogP contribution in [-0.2, 0) is 20.9 Å². The summed E-state index contributed by atoms with van der Waals surface area (Å²) in [6.07, 6.45) is 8.40. The Morgan fingerprint density at radius 1 is 1.18 bits per heavy atom. The van der Waals surface area contributed by atoms with Crippen molar-refractivity contribution in [1.82, 2.24) is 29.4 Å². The van der Waals surface area contributed by atoms with Crippen molar-refractivity contribution in [3.05, 3.63) is 60.3 Å². The van der Waals surface area contributed by atoms with E-state index in [0.29, 0.717) is 37.8 Å². The minimum absolute atomic E-state index is 0.00386. The van der Waals surface area contributed by atoms with E-state index in [1.165, 1.54) is 0 Å². The van der Waals surface area contributed by atoms with Gasteiger partial charge in [-0.25, -0.2) is 9.50 Å². The van der Waals surface area contributed by atoms with Gasteiger partial charge in [0, 0.05) is 63.7 Å². The van der Waals surface area contributed by atoms with E-state index in [2.05, 4.69) is 15.1 Å². The molecule has 10 heteroatoms. The zero-order chi connectivity index (χ0) is 23.3. The van der Waals surface area contributed by atoms with Crippen LogP contribution in [0.25, 0.3) is 5.65 Å². The molecule has 34 heavy (non-hydrogen) atoms. The van der Waals surface area contributed by atoms with Crippen molar-refractivity contribution in [2.75, 3.05) is 39.4 Å². The lowest BCUT2D eigenvalue weighted by Gasteiger charge is -2.30. The Balaban J connectivity index is 1.34. The van der Waals surface area contributed by atoms with Crippen molar-refractivity contribution in [3.63, 3.8) is 0 Å². The van der Waals surface area contributed by atoms with Crippen molar-refractivity contribution in [1.29, 1.82) is 0 Å². The molecule has 3 aromatic rings. The van der Waals surface area contributed by atoms with Crippen molar-refractivity contribution in [2.45, 2.75) is 25.6 Å². The molecule has 2 saturated heterocycles. The van der Waals surface area contributed by atoms with Gasteiger partial charge in [-0.3, -0.25) is 14.6 Å². The average molecular weight is 465 g/mol. The Labute approximate surface area is 197 Å². The fourth-order valence-electron chi connectivity index (χ4n) is 4.45. The summed E-state index contributed by atoms with van der Waals surface area (Å²) in [5.74, 6) is 0.0133. The Morgan fingerprint density at radius 2 is 2.06 bits per heavy atom. The maximum Gasteiger partial charge on any atom is 0.275 e. The predicted octanol–water partition coefficient (Wildman–Crippen LogP) is 1.42. The third-order valence-electron chi connectivity index (χ3n) is 6.30. The highest BCUT2D eigenvalue weighted by atomic mass is 16.5. The lowest BCUT2D eigenvalue weighted by molar-refractivity contribution is -0.132. The van der Waals surface area contributed by atoms with Crippen LogP contribution in [0.4, 0.5) is 0 Å². The largest absolute Gasteiger partial charge is 0.381 e. The predicted molar refractivity (Wildman–Crippen MR) is 122 cm³/mol. The van der Waals surface area contributed by atoms with Crippen LogP contribution in [0.15, 0.2) is 49.1 Å². The summed E-state index contributed by atoms with van der Waals surface area (Å²) in [7, 11) is 0. The molecular formula is C24H28N6O4. The second-order valence-corrected chi connectivity index (χ2v) is 8.79. The zero-order valence-corrected chi connectivity index (χ0v) is 19.0. The van der Waals surface area contributed by atoms with E-state index in [9.17, 15) is 9.59 Å². The number of nitrogens with zero attached hydrogens (tertiary/aromatic N) is 6. The van der Waals surface area contributed by atoms with Crippen LogP contribution in [0.1, 0.15) is 28.9 Å². The third kappa shape index (κ3) is 5.23. The Hall–Kier alpha value is -3.37. The SMILES string of the molecule is O=C1CN(C(=O)c2cc3ncccn3n2)CC(OCc2cccnc2)CN1CC1CCOCC1. The average Bonchev–Trinajstić information content (AvgIpc) is 3.24. The minimum Gasteiger partial charge on any atom is -0.381 e. The van der Waals surface area contributed by atoms with Gasteiger partial charge < -0.3 is 19.3 Å². The van der Waals surface area contributed by atoms with Crippen LogP contribution in [0.3, 0.4) is 0 Å². The van der Waals surface area contributed by atoms with Gasteiger partial charge in [-0.15, -0.1) is 0 Å². The van der Waals surface area contributed by atoms with Crippen molar-refractivity contribution in [3.8, 4) is 0 Å². The van der Waals surface area contributed by atoms with E-state index in [4.69, 9.17) is 9.47 Å². The Kier molecular flexibility index (Phi) is 6.77. The first-order valence-corrected chi connectivity index (χ1v) is 11.6. The van der Waals surface area contributed by atoms with Crippen LogP contribution in [0, 0.1) is 5.92 Å². The van der Waals surface area contributed by atoms with Crippen molar-refractivity contribution in [2.24, 2.45) is 5.92 Å². The van der Waals surface area contributed by atoms with Gasteiger partial charge in [0.2, 0.25) is 5.91 Å². The van der Waals surface area contributed by atoms with Gasteiger partial charge in [0.25, 0.3) is 5.91 Å². The molecule has 3 aromatic heterocycles. The summed E-state index contributed by atoms with van der Waals surface area (Å²) in [5, 5.41) is 4.35. The van der Waals surface area contributed by atoms with Gasteiger partial charge in [0.1, 0.15) is 6.54 Å². The molecule has 0 aliphatic carbocycles. The minimum atomic E-state index is -0.328. The highest BCUT2D eigenvalue weighted by Crippen LogP contribution is 2.20. The van der Waals surface area contributed by atoms with E-state index < -0.39 is 0 Å².